The molecule has 0 radical (unpaired) electrons. The van der Waals surface area contributed by atoms with Crippen LogP contribution in [0, 0.1) is 5.92 Å². The maximum Gasteiger partial charge on any atom is 0.0693 e. The first-order valence-electron chi connectivity index (χ1n) is 4.61. The number of nitrogens with one attached hydrogen (secondary N) is 1. The highest BCUT2D eigenvalue weighted by atomic mass is 16.3. The Kier molecular flexibility index (Phi) is 3.34. The monoisotopic (exact) mass is 157 g/mol. The fourth-order valence-corrected chi connectivity index (χ4v) is 1.57. The number of aliphatic hydroxyl groups excluding tert-OH is 1. The lowest BCUT2D eigenvalue weighted by atomic mass is 10.1. The summed E-state index contributed by atoms with van der Waals surface area (Å²) in [5, 5.41) is 12.8. The number of hydrogen-bond donors (Lipinski definition) is 2. The average Bonchev–Trinajstić information content (AvgIpc) is 2.31. The molecule has 0 aromatic rings. The van der Waals surface area contributed by atoms with Gasteiger partial charge < -0.3 is 10.4 Å². The van der Waals surface area contributed by atoms with Gasteiger partial charge in [0.15, 0.2) is 0 Å². The van der Waals surface area contributed by atoms with E-state index in [4.69, 9.17) is 0 Å². The molecule has 2 heteroatoms. The topological polar surface area (TPSA) is 32.3 Å². The third-order valence-electron chi connectivity index (χ3n) is 2.27. The van der Waals surface area contributed by atoms with Gasteiger partial charge in [-0.2, -0.15) is 0 Å². The summed E-state index contributed by atoms with van der Waals surface area (Å²) >= 11 is 0. The lowest BCUT2D eigenvalue weighted by Gasteiger charge is -2.17. The zero-order chi connectivity index (χ0) is 8.27. The minimum absolute atomic E-state index is 0.0891. The second-order valence-electron chi connectivity index (χ2n) is 3.91. The highest BCUT2D eigenvalue weighted by Gasteiger charge is 2.24. The Bertz CT molecular complexity index is 114. The molecule has 0 spiro atoms. The zero-order valence-electron chi connectivity index (χ0n) is 7.51. The molecule has 0 aromatic carbocycles. The normalized spacial score (nSPS) is 31.6. The summed E-state index contributed by atoms with van der Waals surface area (Å²) in [5.41, 5.74) is 0. The fourth-order valence-electron chi connectivity index (χ4n) is 1.57. The second-order valence-corrected chi connectivity index (χ2v) is 3.91. The third-order valence-corrected chi connectivity index (χ3v) is 2.27. The SMILES string of the molecule is CC(C)CN[C@H]1CCC[C@H]1O. The van der Waals surface area contributed by atoms with Crippen molar-refractivity contribution >= 4 is 0 Å². The van der Waals surface area contributed by atoms with Gasteiger partial charge in [-0.15, -0.1) is 0 Å². The Morgan fingerprint density at radius 2 is 2.18 bits per heavy atom. The third kappa shape index (κ3) is 2.80. The van der Waals surface area contributed by atoms with Crippen molar-refractivity contribution in [3.05, 3.63) is 0 Å². The van der Waals surface area contributed by atoms with E-state index in [0.717, 1.165) is 19.4 Å². The standard InChI is InChI=1S/C9H19NO/c1-7(2)6-10-8-4-3-5-9(8)11/h7-11H,3-6H2,1-2H3/t8-,9+/m0/s1. The van der Waals surface area contributed by atoms with Crippen LogP contribution in [-0.2, 0) is 0 Å². The van der Waals surface area contributed by atoms with Crippen molar-refractivity contribution < 1.29 is 5.11 Å². The van der Waals surface area contributed by atoms with E-state index in [1.54, 1.807) is 0 Å². The Balaban J connectivity index is 2.15. The van der Waals surface area contributed by atoms with E-state index in [1.165, 1.54) is 6.42 Å². The molecule has 0 bridgehead atoms. The molecule has 0 heterocycles. The van der Waals surface area contributed by atoms with Crippen LogP contribution in [0.1, 0.15) is 33.1 Å². The van der Waals surface area contributed by atoms with Crippen LogP contribution in [-0.4, -0.2) is 23.8 Å². The van der Waals surface area contributed by atoms with Crippen LogP contribution in [0.2, 0.25) is 0 Å². The Hall–Kier alpha value is -0.0800. The van der Waals surface area contributed by atoms with Gasteiger partial charge >= 0.3 is 0 Å². The molecule has 1 rings (SSSR count). The Morgan fingerprint density at radius 3 is 2.64 bits per heavy atom. The summed E-state index contributed by atoms with van der Waals surface area (Å²) in [6.45, 7) is 5.41. The van der Waals surface area contributed by atoms with Crippen molar-refractivity contribution in [1.29, 1.82) is 0 Å². The molecule has 0 unspecified atom stereocenters. The first-order chi connectivity index (χ1) is 5.20. The molecule has 1 aliphatic rings. The van der Waals surface area contributed by atoms with Crippen LogP contribution in [0.25, 0.3) is 0 Å². The lowest BCUT2D eigenvalue weighted by Crippen LogP contribution is -2.37. The van der Waals surface area contributed by atoms with Gasteiger partial charge in [0.25, 0.3) is 0 Å². The fraction of sp³-hybridized carbons (Fsp3) is 1.00. The van der Waals surface area contributed by atoms with Crippen molar-refractivity contribution in [3.63, 3.8) is 0 Å². The molecule has 0 aliphatic heterocycles. The molecule has 1 saturated carbocycles. The maximum atomic E-state index is 9.44. The van der Waals surface area contributed by atoms with E-state index >= 15 is 0 Å². The average molecular weight is 157 g/mol. The predicted octanol–water partition coefficient (Wildman–Crippen LogP) is 1.15. The zero-order valence-corrected chi connectivity index (χ0v) is 7.51. The van der Waals surface area contributed by atoms with Gasteiger partial charge in [-0.25, -0.2) is 0 Å². The van der Waals surface area contributed by atoms with Crippen LogP contribution in [0.5, 0.6) is 0 Å². The first kappa shape index (κ1) is 9.01. The Labute approximate surface area is 69.0 Å². The largest absolute Gasteiger partial charge is 0.392 e. The van der Waals surface area contributed by atoms with Crippen molar-refractivity contribution in [1.82, 2.24) is 5.32 Å². The van der Waals surface area contributed by atoms with Gasteiger partial charge in [-0.05, 0) is 31.7 Å². The van der Waals surface area contributed by atoms with Gasteiger partial charge in [0.05, 0.1) is 6.10 Å². The summed E-state index contributed by atoms with van der Waals surface area (Å²) in [6.07, 6.45) is 3.22. The smallest absolute Gasteiger partial charge is 0.0693 e. The number of aliphatic hydroxyl groups is 1. The van der Waals surface area contributed by atoms with Crippen LogP contribution >= 0.6 is 0 Å². The van der Waals surface area contributed by atoms with Crippen molar-refractivity contribution in [2.75, 3.05) is 6.54 Å². The van der Waals surface area contributed by atoms with Gasteiger partial charge in [0.2, 0.25) is 0 Å². The summed E-state index contributed by atoms with van der Waals surface area (Å²) in [5.74, 6) is 0.683. The van der Waals surface area contributed by atoms with Gasteiger partial charge in [-0.3, -0.25) is 0 Å². The van der Waals surface area contributed by atoms with Crippen molar-refractivity contribution in [3.8, 4) is 0 Å². The van der Waals surface area contributed by atoms with E-state index in [0.29, 0.717) is 12.0 Å². The summed E-state index contributed by atoms with van der Waals surface area (Å²) < 4.78 is 0. The van der Waals surface area contributed by atoms with E-state index in [-0.39, 0.29) is 6.10 Å². The van der Waals surface area contributed by atoms with Gasteiger partial charge in [0.1, 0.15) is 0 Å². The molecule has 0 aromatic heterocycles. The summed E-state index contributed by atoms with van der Waals surface area (Å²) in [4.78, 5) is 0. The van der Waals surface area contributed by atoms with E-state index in [2.05, 4.69) is 19.2 Å². The van der Waals surface area contributed by atoms with E-state index in [9.17, 15) is 5.11 Å². The highest BCUT2D eigenvalue weighted by Crippen LogP contribution is 2.18. The van der Waals surface area contributed by atoms with Crippen LogP contribution in [0.3, 0.4) is 0 Å². The molecule has 2 N–H and O–H groups in total. The highest BCUT2D eigenvalue weighted by molar-refractivity contribution is 4.82. The van der Waals surface area contributed by atoms with E-state index < -0.39 is 0 Å². The minimum Gasteiger partial charge on any atom is -0.392 e. The molecular formula is C9H19NO. The molecule has 66 valence electrons. The molecule has 11 heavy (non-hydrogen) atoms. The van der Waals surface area contributed by atoms with Gasteiger partial charge in [-0.1, -0.05) is 13.8 Å². The minimum atomic E-state index is -0.0891. The van der Waals surface area contributed by atoms with Gasteiger partial charge in [0, 0.05) is 6.04 Å². The van der Waals surface area contributed by atoms with Crippen LogP contribution < -0.4 is 5.32 Å². The molecule has 0 saturated heterocycles. The number of rotatable bonds is 3. The first-order valence-corrected chi connectivity index (χ1v) is 4.61. The number of hydrogen-bond acceptors (Lipinski definition) is 2. The summed E-state index contributed by atoms with van der Waals surface area (Å²) in [7, 11) is 0. The molecule has 2 atom stereocenters. The maximum absolute atomic E-state index is 9.44. The van der Waals surface area contributed by atoms with Crippen molar-refractivity contribution in [2.24, 2.45) is 5.92 Å². The lowest BCUT2D eigenvalue weighted by molar-refractivity contribution is 0.147. The van der Waals surface area contributed by atoms with Crippen LogP contribution in [0.15, 0.2) is 0 Å². The van der Waals surface area contributed by atoms with E-state index in [1.807, 2.05) is 0 Å². The molecule has 0 amide bonds. The van der Waals surface area contributed by atoms with Crippen molar-refractivity contribution in [2.45, 2.75) is 45.3 Å². The molecule has 1 fully saturated rings. The summed E-state index contributed by atoms with van der Waals surface area (Å²) in [6, 6.07) is 0.373. The second kappa shape index (κ2) is 4.07. The quantitative estimate of drug-likeness (QED) is 0.644. The molecular weight excluding hydrogens is 138 g/mol. The molecule has 1 aliphatic carbocycles. The Morgan fingerprint density at radius 1 is 1.45 bits per heavy atom. The molecule has 2 nitrogen and oxygen atoms in total. The van der Waals surface area contributed by atoms with Crippen LogP contribution in [0.4, 0.5) is 0 Å². The predicted molar refractivity (Wildman–Crippen MR) is 46.5 cm³/mol.